The van der Waals surface area contributed by atoms with Crippen LogP contribution in [0.15, 0.2) is 4.47 Å². The molecule has 0 aliphatic carbocycles. The summed E-state index contributed by atoms with van der Waals surface area (Å²) in [5.41, 5.74) is 0.745. The van der Waals surface area contributed by atoms with Crippen molar-refractivity contribution < 1.29 is 9.47 Å². The van der Waals surface area contributed by atoms with E-state index in [1.165, 1.54) is 0 Å². The van der Waals surface area contributed by atoms with Gasteiger partial charge in [0.05, 0.1) is 23.4 Å². The Morgan fingerprint density at radius 2 is 2.32 bits per heavy atom. The number of hydrogen-bond acceptors (Lipinski definition) is 5. The Morgan fingerprint density at radius 1 is 1.53 bits per heavy atom. The largest absolute Gasteiger partial charge is 0.378 e. The van der Waals surface area contributed by atoms with E-state index in [0.29, 0.717) is 28.7 Å². The Hall–Kier alpha value is -0.270. The van der Waals surface area contributed by atoms with E-state index in [-0.39, 0.29) is 6.10 Å². The topological polar surface area (TPSA) is 47.5 Å². The van der Waals surface area contributed by atoms with E-state index in [2.05, 4.69) is 37.7 Å². The molecule has 0 amide bonds. The molecule has 0 N–H and O–H groups in total. The van der Waals surface area contributed by atoms with Crippen LogP contribution in [0, 0.1) is 0 Å². The number of rotatable bonds is 4. The third-order valence-corrected chi connectivity index (χ3v) is 4.40. The van der Waals surface area contributed by atoms with Gasteiger partial charge in [-0.2, -0.15) is 0 Å². The molecule has 7 heteroatoms. The number of hydrogen-bond donors (Lipinski definition) is 0. The number of methoxy groups -OCH3 is 1. The van der Waals surface area contributed by atoms with Gasteiger partial charge in [-0.25, -0.2) is 9.97 Å². The summed E-state index contributed by atoms with van der Waals surface area (Å²) in [6, 6.07) is 0. The molecule has 1 atom stereocenters. The molecule has 0 bridgehead atoms. The highest BCUT2D eigenvalue weighted by Gasteiger charge is 2.25. The van der Waals surface area contributed by atoms with E-state index in [1.54, 1.807) is 7.11 Å². The molecule has 1 aliphatic rings. The van der Waals surface area contributed by atoms with Crippen LogP contribution in [-0.2, 0) is 16.1 Å². The van der Waals surface area contributed by atoms with Crippen LogP contribution >= 0.6 is 27.5 Å². The number of ether oxygens (including phenoxy) is 2. The van der Waals surface area contributed by atoms with Crippen molar-refractivity contribution in [1.29, 1.82) is 0 Å². The van der Waals surface area contributed by atoms with E-state index in [1.807, 2.05) is 0 Å². The van der Waals surface area contributed by atoms with Gasteiger partial charge in [-0.05, 0) is 22.5 Å². The number of morpholine rings is 1. The maximum absolute atomic E-state index is 6.12. The summed E-state index contributed by atoms with van der Waals surface area (Å²) in [6.45, 7) is 5.95. The zero-order chi connectivity index (χ0) is 13.8. The fraction of sp³-hybridized carbons (Fsp3) is 0.667. The molecule has 1 saturated heterocycles. The van der Waals surface area contributed by atoms with Gasteiger partial charge in [0.15, 0.2) is 5.82 Å². The highest BCUT2D eigenvalue weighted by Crippen LogP contribution is 2.27. The molecule has 1 fully saturated rings. The van der Waals surface area contributed by atoms with Gasteiger partial charge in [-0.3, -0.25) is 4.90 Å². The zero-order valence-corrected chi connectivity index (χ0v) is 13.4. The molecule has 1 aromatic heterocycles. The minimum absolute atomic E-state index is 0.130. The van der Waals surface area contributed by atoms with E-state index in [4.69, 9.17) is 21.1 Å². The highest BCUT2D eigenvalue weighted by atomic mass is 79.9. The number of aromatic nitrogens is 2. The van der Waals surface area contributed by atoms with E-state index >= 15 is 0 Å². The Kier molecular flexibility index (Phi) is 5.53. The molecule has 0 aromatic carbocycles. The average Bonchev–Trinajstić information content (AvgIpc) is 2.44. The SMILES string of the molecule is CCN1CCOC(c2nc(Cl)c(Br)c(COC)n2)C1. The Morgan fingerprint density at radius 3 is 3.00 bits per heavy atom. The van der Waals surface area contributed by atoms with Gasteiger partial charge in [0.2, 0.25) is 0 Å². The van der Waals surface area contributed by atoms with Gasteiger partial charge in [0, 0.05) is 20.2 Å². The smallest absolute Gasteiger partial charge is 0.160 e. The molecule has 0 radical (unpaired) electrons. The van der Waals surface area contributed by atoms with Crippen LogP contribution in [-0.4, -0.2) is 48.2 Å². The summed E-state index contributed by atoms with van der Waals surface area (Å²) < 4.78 is 11.5. The molecular formula is C12H17BrClN3O2. The van der Waals surface area contributed by atoms with Crippen LogP contribution in [0.4, 0.5) is 0 Å². The molecule has 5 nitrogen and oxygen atoms in total. The highest BCUT2D eigenvalue weighted by molar-refractivity contribution is 9.10. The Balaban J connectivity index is 2.24. The number of nitrogens with zero attached hydrogens (tertiary/aromatic N) is 3. The third-order valence-electron chi connectivity index (χ3n) is 3.06. The van der Waals surface area contributed by atoms with Crippen LogP contribution in [0.5, 0.6) is 0 Å². The van der Waals surface area contributed by atoms with Gasteiger partial charge in [-0.1, -0.05) is 18.5 Å². The normalized spacial score (nSPS) is 20.7. The van der Waals surface area contributed by atoms with Crippen molar-refractivity contribution in [3.8, 4) is 0 Å². The van der Waals surface area contributed by atoms with Crippen molar-refractivity contribution in [2.45, 2.75) is 19.6 Å². The third kappa shape index (κ3) is 3.64. The zero-order valence-electron chi connectivity index (χ0n) is 11.0. The average molecular weight is 351 g/mol. The molecule has 2 heterocycles. The maximum atomic E-state index is 6.12. The lowest BCUT2D eigenvalue weighted by Gasteiger charge is -2.31. The summed E-state index contributed by atoms with van der Waals surface area (Å²) in [4.78, 5) is 11.1. The first-order valence-electron chi connectivity index (χ1n) is 6.20. The monoisotopic (exact) mass is 349 g/mol. The van der Waals surface area contributed by atoms with Crippen molar-refractivity contribution in [3.63, 3.8) is 0 Å². The van der Waals surface area contributed by atoms with Gasteiger partial charge in [0.1, 0.15) is 11.3 Å². The minimum Gasteiger partial charge on any atom is -0.378 e. The van der Waals surface area contributed by atoms with Crippen LogP contribution in [0.1, 0.15) is 24.5 Å². The first-order chi connectivity index (χ1) is 9.15. The molecule has 19 heavy (non-hydrogen) atoms. The number of halogens is 2. The van der Waals surface area contributed by atoms with Crippen molar-refractivity contribution >= 4 is 27.5 Å². The van der Waals surface area contributed by atoms with Gasteiger partial charge in [-0.15, -0.1) is 0 Å². The number of likely N-dealkylation sites (N-methyl/N-ethyl adjacent to an activating group) is 1. The summed E-state index contributed by atoms with van der Waals surface area (Å²) in [6.07, 6.45) is -0.130. The maximum Gasteiger partial charge on any atom is 0.160 e. The van der Waals surface area contributed by atoms with Crippen LogP contribution in [0.3, 0.4) is 0 Å². The molecule has 2 rings (SSSR count). The summed E-state index contributed by atoms with van der Waals surface area (Å²) in [5.74, 6) is 0.624. The molecule has 0 saturated carbocycles. The Bertz CT molecular complexity index is 447. The lowest BCUT2D eigenvalue weighted by atomic mass is 10.2. The second kappa shape index (κ2) is 6.95. The standard InChI is InChI=1S/C12H17BrClN3O2/c1-3-17-4-5-19-9(6-17)12-15-8(7-18-2)10(13)11(14)16-12/h9H,3-7H2,1-2H3. The summed E-state index contributed by atoms with van der Waals surface area (Å²) >= 11 is 9.50. The van der Waals surface area contributed by atoms with Crippen molar-refractivity contribution in [2.24, 2.45) is 0 Å². The minimum atomic E-state index is -0.130. The molecule has 106 valence electrons. The predicted octanol–water partition coefficient (Wildman–Crippen LogP) is 2.43. The van der Waals surface area contributed by atoms with Crippen molar-refractivity contribution in [1.82, 2.24) is 14.9 Å². The molecule has 1 aliphatic heterocycles. The van der Waals surface area contributed by atoms with E-state index in [9.17, 15) is 0 Å². The van der Waals surface area contributed by atoms with Crippen LogP contribution < -0.4 is 0 Å². The van der Waals surface area contributed by atoms with E-state index in [0.717, 1.165) is 25.3 Å². The van der Waals surface area contributed by atoms with Gasteiger partial charge < -0.3 is 9.47 Å². The lowest BCUT2D eigenvalue weighted by molar-refractivity contribution is -0.0328. The second-order valence-corrected chi connectivity index (χ2v) is 5.47. The first kappa shape index (κ1) is 15.1. The van der Waals surface area contributed by atoms with Gasteiger partial charge in [0.25, 0.3) is 0 Å². The fourth-order valence-corrected chi connectivity index (χ4v) is 2.49. The van der Waals surface area contributed by atoms with Crippen LogP contribution in [0.25, 0.3) is 0 Å². The predicted molar refractivity (Wildman–Crippen MR) is 76.3 cm³/mol. The fourth-order valence-electron chi connectivity index (χ4n) is 2.00. The molecule has 1 aromatic rings. The van der Waals surface area contributed by atoms with E-state index < -0.39 is 0 Å². The second-order valence-electron chi connectivity index (χ2n) is 4.32. The lowest BCUT2D eigenvalue weighted by Crippen LogP contribution is -2.38. The van der Waals surface area contributed by atoms with Gasteiger partial charge >= 0.3 is 0 Å². The summed E-state index contributed by atoms with van der Waals surface area (Å²) in [5, 5.41) is 0.397. The molecule has 1 unspecified atom stereocenters. The summed E-state index contributed by atoms with van der Waals surface area (Å²) in [7, 11) is 1.62. The van der Waals surface area contributed by atoms with Crippen molar-refractivity contribution in [3.05, 3.63) is 21.1 Å². The molecular weight excluding hydrogens is 334 g/mol. The quantitative estimate of drug-likeness (QED) is 0.781. The van der Waals surface area contributed by atoms with Crippen molar-refractivity contribution in [2.75, 3.05) is 33.4 Å². The van der Waals surface area contributed by atoms with Crippen LogP contribution in [0.2, 0.25) is 5.15 Å². The molecule has 0 spiro atoms. The first-order valence-corrected chi connectivity index (χ1v) is 7.37. The Labute approximate surface area is 126 Å².